The third-order valence-electron chi connectivity index (χ3n) is 2.11. The van der Waals surface area contributed by atoms with Crippen molar-refractivity contribution in [3.63, 3.8) is 0 Å². The fraction of sp³-hybridized carbons (Fsp3) is 0.375. The summed E-state index contributed by atoms with van der Waals surface area (Å²) in [4.78, 5) is 22.4. The maximum absolute atomic E-state index is 11.2. The first-order valence-electron chi connectivity index (χ1n) is 3.57. The zero-order valence-corrected chi connectivity index (χ0v) is 6.97. The number of hydrogen-bond acceptors (Lipinski definition) is 4. The molecule has 1 aliphatic rings. The highest BCUT2D eigenvalue weighted by molar-refractivity contribution is 6.53. The molecule has 0 saturated carbocycles. The Labute approximate surface area is 69.9 Å². The number of hydrogen-bond donors (Lipinski definition) is 2. The van der Waals surface area contributed by atoms with Crippen LogP contribution in [0.4, 0.5) is 0 Å². The molecule has 1 aliphatic carbocycles. The van der Waals surface area contributed by atoms with Crippen LogP contribution < -0.4 is 5.73 Å². The normalized spacial score (nSPS) is 25.2. The average molecular weight is 166 g/mol. The largest absolute Gasteiger partial charge is 0.316 e. The highest BCUT2D eigenvalue weighted by Gasteiger charge is 2.32. The van der Waals surface area contributed by atoms with Gasteiger partial charge >= 0.3 is 0 Å². The Morgan fingerprint density at radius 2 is 1.75 bits per heavy atom. The van der Waals surface area contributed by atoms with Gasteiger partial charge < -0.3 is 5.73 Å². The van der Waals surface area contributed by atoms with E-state index in [1.54, 1.807) is 6.92 Å². The van der Waals surface area contributed by atoms with E-state index in [0.29, 0.717) is 11.1 Å². The first kappa shape index (κ1) is 8.80. The van der Waals surface area contributed by atoms with Gasteiger partial charge in [-0.1, -0.05) is 0 Å². The molecular weight excluding hydrogens is 156 g/mol. The minimum Gasteiger partial charge on any atom is -0.316 e. The van der Waals surface area contributed by atoms with E-state index in [1.807, 2.05) is 0 Å². The molecule has 0 aliphatic heterocycles. The molecule has 0 aromatic carbocycles. The van der Waals surface area contributed by atoms with Crippen LogP contribution in [0, 0.1) is 5.41 Å². The van der Waals surface area contributed by atoms with Gasteiger partial charge in [0.1, 0.15) is 11.8 Å². The molecule has 0 aromatic rings. The summed E-state index contributed by atoms with van der Waals surface area (Å²) in [5.74, 6) is -0.739. The molecule has 0 heterocycles. The second-order valence-electron chi connectivity index (χ2n) is 2.83. The summed E-state index contributed by atoms with van der Waals surface area (Å²) in [7, 11) is 0. The van der Waals surface area contributed by atoms with Crippen molar-refractivity contribution < 1.29 is 9.59 Å². The molecule has 1 rings (SSSR count). The molecule has 0 radical (unpaired) electrons. The summed E-state index contributed by atoms with van der Waals surface area (Å²) in [6.07, 6.45) is 0. The molecule has 0 amide bonds. The molecule has 0 fully saturated rings. The number of rotatable bonds is 0. The van der Waals surface area contributed by atoms with Crippen LogP contribution in [-0.2, 0) is 9.59 Å². The molecule has 4 heteroatoms. The van der Waals surface area contributed by atoms with Crippen molar-refractivity contribution in [2.24, 2.45) is 5.73 Å². The van der Waals surface area contributed by atoms with E-state index in [9.17, 15) is 9.59 Å². The van der Waals surface area contributed by atoms with Gasteiger partial charge in [-0.05, 0) is 13.8 Å². The highest BCUT2D eigenvalue weighted by atomic mass is 16.1. The summed E-state index contributed by atoms with van der Waals surface area (Å²) >= 11 is 0. The van der Waals surface area contributed by atoms with E-state index >= 15 is 0 Å². The number of carbonyl (C=O) groups is 2. The fourth-order valence-electron chi connectivity index (χ4n) is 1.06. The SMILES string of the molecule is CC1=C(C)C(=O)C(N)C(=N)C1=O. The Morgan fingerprint density at radius 1 is 1.25 bits per heavy atom. The monoisotopic (exact) mass is 166 g/mol. The molecule has 12 heavy (non-hydrogen) atoms. The standard InChI is InChI=1S/C8H10N2O2/c1-3-4(2)8(12)6(10)5(9)7(3)11/h5,10H,9H2,1-2H3. The lowest BCUT2D eigenvalue weighted by molar-refractivity contribution is -0.118. The van der Waals surface area contributed by atoms with E-state index in [0.717, 1.165) is 0 Å². The van der Waals surface area contributed by atoms with Crippen LogP contribution in [-0.4, -0.2) is 23.3 Å². The van der Waals surface area contributed by atoms with Gasteiger partial charge in [-0.2, -0.15) is 0 Å². The van der Waals surface area contributed by atoms with Gasteiger partial charge in [-0.15, -0.1) is 0 Å². The van der Waals surface area contributed by atoms with E-state index in [4.69, 9.17) is 11.1 Å². The zero-order valence-electron chi connectivity index (χ0n) is 6.97. The van der Waals surface area contributed by atoms with Crippen LogP contribution in [0.5, 0.6) is 0 Å². The second kappa shape index (κ2) is 2.64. The van der Waals surface area contributed by atoms with Crippen molar-refractivity contribution in [2.45, 2.75) is 19.9 Å². The number of ketones is 2. The summed E-state index contributed by atoms with van der Waals surface area (Å²) in [6, 6.07) is -1.05. The predicted octanol–water partition coefficient (Wildman–Crippen LogP) is -0.178. The minimum atomic E-state index is -1.05. The van der Waals surface area contributed by atoms with Crippen molar-refractivity contribution in [3.8, 4) is 0 Å². The lowest BCUT2D eigenvalue weighted by Gasteiger charge is -2.18. The molecule has 4 nitrogen and oxygen atoms in total. The number of nitrogens with one attached hydrogen (secondary N) is 1. The van der Waals surface area contributed by atoms with Gasteiger partial charge in [0, 0.05) is 11.1 Å². The highest BCUT2D eigenvalue weighted by Crippen LogP contribution is 2.15. The van der Waals surface area contributed by atoms with Crippen molar-refractivity contribution in [3.05, 3.63) is 11.1 Å². The molecule has 1 unspecified atom stereocenters. The van der Waals surface area contributed by atoms with E-state index in [1.165, 1.54) is 6.92 Å². The van der Waals surface area contributed by atoms with Gasteiger partial charge in [0.2, 0.25) is 5.78 Å². The van der Waals surface area contributed by atoms with Crippen LogP contribution in [0.25, 0.3) is 0 Å². The molecule has 0 bridgehead atoms. The Hall–Kier alpha value is -1.29. The smallest absolute Gasteiger partial charge is 0.204 e. The Morgan fingerprint density at radius 3 is 2.25 bits per heavy atom. The summed E-state index contributed by atoms with van der Waals surface area (Å²) in [6.45, 7) is 3.10. The average Bonchev–Trinajstić information content (AvgIpc) is 2.08. The van der Waals surface area contributed by atoms with Crippen molar-refractivity contribution >= 4 is 17.3 Å². The van der Waals surface area contributed by atoms with Crippen molar-refractivity contribution in [1.29, 1.82) is 5.41 Å². The molecule has 0 aromatic heterocycles. The predicted molar refractivity (Wildman–Crippen MR) is 44.1 cm³/mol. The Kier molecular flexibility index (Phi) is 1.94. The number of carbonyl (C=O) groups excluding carboxylic acids is 2. The van der Waals surface area contributed by atoms with E-state index in [-0.39, 0.29) is 11.5 Å². The van der Waals surface area contributed by atoms with Crippen LogP contribution in [0.3, 0.4) is 0 Å². The molecule has 3 N–H and O–H groups in total. The van der Waals surface area contributed by atoms with E-state index < -0.39 is 11.8 Å². The van der Waals surface area contributed by atoms with Gasteiger partial charge in [0.15, 0.2) is 5.78 Å². The summed E-state index contributed by atoms with van der Waals surface area (Å²) < 4.78 is 0. The lowest BCUT2D eigenvalue weighted by Crippen LogP contribution is -2.46. The van der Waals surface area contributed by atoms with Gasteiger partial charge in [0.05, 0.1) is 0 Å². The van der Waals surface area contributed by atoms with Crippen LogP contribution in [0.15, 0.2) is 11.1 Å². The van der Waals surface area contributed by atoms with Gasteiger partial charge in [0.25, 0.3) is 0 Å². The maximum atomic E-state index is 11.2. The minimum absolute atomic E-state index is 0.303. The summed E-state index contributed by atoms with van der Waals surface area (Å²) in [5.41, 5.74) is 5.75. The Balaban J connectivity index is 3.27. The van der Waals surface area contributed by atoms with E-state index in [2.05, 4.69) is 0 Å². The maximum Gasteiger partial charge on any atom is 0.204 e. The van der Waals surface area contributed by atoms with Crippen LogP contribution in [0.2, 0.25) is 0 Å². The lowest BCUT2D eigenvalue weighted by atomic mass is 9.87. The molecule has 0 spiro atoms. The van der Waals surface area contributed by atoms with Crippen LogP contribution >= 0.6 is 0 Å². The third-order valence-corrected chi connectivity index (χ3v) is 2.11. The first-order chi connectivity index (χ1) is 5.46. The van der Waals surface area contributed by atoms with Crippen molar-refractivity contribution in [1.82, 2.24) is 0 Å². The molecule has 64 valence electrons. The quantitative estimate of drug-likeness (QED) is 0.523. The Bertz CT molecular complexity index is 315. The fourth-order valence-corrected chi connectivity index (χ4v) is 1.06. The van der Waals surface area contributed by atoms with Crippen LogP contribution in [0.1, 0.15) is 13.8 Å². The number of Topliss-reactive ketones (excluding diaryl/α,β-unsaturated/α-hetero) is 2. The molecule has 0 saturated heterocycles. The first-order valence-corrected chi connectivity index (χ1v) is 3.57. The molecule has 1 atom stereocenters. The number of allylic oxidation sites excluding steroid dienone is 1. The van der Waals surface area contributed by atoms with Gasteiger partial charge in [-0.3, -0.25) is 15.0 Å². The third kappa shape index (κ3) is 1.00. The molecular formula is C8H10N2O2. The zero-order chi connectivity index (χ0) is 9.46. The van der Waals surface area contributed by atoms with Crippen molar-refractivity contribution in [2.75, 3.05) is 0 Å². The second-order valence-corrected chi connectivity index (χ2v) is 2.83. The van der Waals surface area contributed by atoms with Gasteiger partial charge in [-0.25, -0.2) is 0 Å². The topological polar surface area (TPSA) is 84.0 Å². The number of nitrogens with two attached hydrogens (primary N) is 1. The summed E-state index contributed by atoms with van der Waals surface area (Å²) in [5, 5.41) is 7.22.